The van der Waals surface area contributed by atoms with Crippen LogP contribution in [0, 0.1) is 6.92 Å². The quantitative estimate of drug-likeness (QED) is 0.911. The molecule has 4 nitrogen and oxygen atoms in total. The Balaban J connectivity index is 1.51. The van der Waals surface area contributed by atoms with Crippen LogP contribution in [0.5, 0.6) is 0 Å². The van der Waals surface area contributed by atoms with Gasteiger partial charge in [-0.2, -0.15) is 0 Å². The van der Waals surface area contributed by atoms with Gasteiger partial charge in [0.05, 0.1) is 12.1 Å². The number of amides is 1. The zero-order valence-electron chi connectivity index (χ0n) is 13.5. The minimum Gasteiger partial charge on any atom is -0.326 e. The van der Waals surface area contributed by atoms with E-state index >= 15 is 0 Å². The Labute approximate surface area is 141 Å². The predicted molar refractivity (Wildman–Crippen MR) is 94.8 cm³/mol. The Morgan fingerprint density at radius 1 is 1.22 bits per heavy atom. The highest BCUT2D eigenvalue weighted by molar-refractivity contribution is 7.09. The molecule has 122 valence electrons. The summed E-state index contributed by atoms with van der Waals surface area (Å²) >= 11 is 1.58. The molecule has 0 atom stereocenters. The molecule has 1 aliphatic heterocycles. The molecule has 2 aromatic rings. The van der Waals surface area contributed by atoms with Crippen LogP contribution in [0.15, 0.2) is 29.6 Å². The van der Waals surface area contributed by atoms with E-state index in [1.54, 1.807) is 11.3 Å². The second-order valence-electron chi connectivity index (χ2n) is 6.16. The number of thiazole rings is 1. The Kier molecular flexibility index (Phi) is 5.41. The van der Waals surface area contributed by atoms with Crippen molar-refractivity contribution in [3.05, 3.63) is 45.9 Å². The lowest BCUT2D eigenvalue weighted by Crippen LogP contribution is -2.29. The van der Waals surface area contributed by atoms with E-state index in [4.69, 9.17) is 0 Å². The van der Waals surface area contributed by atoms with Gasteiger partial charge in [-0.15, -0.1) is 11.3 Å². The summed E-state index contributed by atoms with van der Waals surface area (Å²) in [6.07, 6.45) is 4.27. The van der Waals surface area contributed by atoms with E-state index in [-0.39, 0.29) is 5.91 Å². The highest BCUT2D eigenvalue weighted by Gasteiger charge is 2.13. The minimum atomic E-state index is -0.00674. The number of aryl methyl sites for hydroxylation is 1. The zero-order valence-corrected chi connectivity index (χ0v) is 14.4. The van der Waals surface area contributed by atoms with E-state index in [0.717, 1.165) is 22.9 Å². The molecule has 0 saturated carbocycles. The van der Waals surface area contributed by atoms with Gasteiger partial charge in [0.25, 0.3) is 0 Å². The largest absolute Gasteiger partial charge is 0.326 e. The molecule has 0 bridgehead atoms. The summed E-state index contributed by atoms with van der Waals surface area (Å²) in [5.74, 6) is -0.00674. The first-order valence-corrected chi connectivity index (χ1v) is 9.09. The number of aromatic nitrogens is 1. The molecule has 0 aliphatic carbocycles. The van der Waals surface area contributed by atoms with Gasteiger partial charge in [0.15, 0.2) is 0 Å². The van der Waals surface area contributed by atoms with E-state index < -0.39 is 0 Å². The van der Waals surface area contributed by atoms with Crippen LogP contribution in [0.3, 0.4) is 0 Å². The molecule has 5 heteroatoms. The van der Waals surface area contributed by atoms with E-state index in [1.807, 2.05) is 31.2 Å². The van der Waals surface area contributed by atoms with Crippen molar-refractivity contribution in [3.8, 4) is 0 Å². The second-order valence-corrected chi connectivity index (χ2v) is 7.10. The smallest absolute Gasteiger partial charge is 0.231 e. The maximum Gasteiger partial charge on any atom is 0.231 e. The lowest BCUT2D eigenvalue weighted by atomic mass is 10.1. The Morgan fingerprint density at radius 3 is 2.70 bits per heavy atom. The van der Waals surface area contributed by atoms with Gasteiger partial charge >= 0.3 is 0 Å². The summed E-state index contributed by atoms with van der Waals surface area (Å²) < 4.78 is 0. The third kappa shape index (κ3) is 4.88. The van der Waals surface area contributed by atoms with Gasteiger partial charge in [-0.3, -0.25) is 9.69 Å². The highest BCUT2D eigenvalue weighted by atomic mass is 32.1. The number of rotatable bonds is 5. The van der Waals surface area contributed by atoms with Gasteiger partial charge in [-0.1, -0.05) is 24.1 Å². The van der Waals surface area contributed by atoms with Gasteiger partial charge in [-0.25, -0.2) is 4.98 Å². The molecule has 1 aromatic heterocycles. The molecule has 1 aliphatic rings. The van der Waals surface area contributed by atoms with E-state index in [0.29, 0.717) is 6.42 Å². The third-order valence-electron chi connectivity index (χ3n) is 4.08. The summed E-state index contributed by atoms with van der Waals surface area (Å²) in [5, 5.41) is 5.90. The van der Waals surface area contributed by atoms with E-state index in [1.165, 1.54) is 37.9 Å². The first-order valence-electron chi connectivity index (χ1n) is 8.21. The summed E-state index contributed by atoms with van der Waals surface area (Å²) in [5.41, 5.74) is 3.12. The van der Waals surface area contributed by atoms with Gasteiger partial charge in [0.2, 0.25) is 5.91 Å². The van der Waals surface area contributed by atoms with Crippen LogP contribution >= 0.6 is 11.3 Å². The van der Waals surface area contributed by atoms with Crippen LogP contribution in [0.4, 0.5) is 5.69 Å². The molecular formula is C18H23N3OS. The minimum absolute atomic E-state index is 0.00674. The number of nitrogens with zero attached hydrogens (tertiary/aromatic N) is 2. The topological polar surface area (TPSA) is 45.2 Å². The van der Waals surface area contributed by atoms with Crippen LogP contribution in [0.2, 0.25) is 0 Å². The lowest BCUT2D eigenvalue weighted by molar-refractivity contribution is -0.115. The van der Waals surface area contributed by atoms with Crippen LogP contribution in [0.1, 0.15) is 35.5 Å². The zero-order chi connectivity index (χ0) is 16.1. The van der Waals surface area contributed by atoms with Gasteiger partial charge < -0.3 is 5.32 Å². The average molecular weight is 329 g/mol. The molecule has 1 amide bonds. The summed E-state index contributed by atoms with van der Waals surface area (Å²) in [6, 6.07) is 7.85. The number of carbonyl (C=O) groups excluding carboxylic acids is 1. The van der Waals surface area contributed by atoms with E-state index in [2.05, 4.69) is 20.6 Å². The maximum atomic E-state index is 12.1. The second kappa shape index (κ2) is 7.70. The van der Waals surface area contributed by atoms with E-state index in [9.17, 15) is 4.79 Å². The molecule has 0 spiro atoms. The van der Waals surface area contributed by atoms with Crippen molar-refractivity contribution in [2.75, 3.05) is 18.4 Å². The molecule has 2 heterocycles. The van der Waals surface area contributed by atoms with Gasteiger partial charge in [0.1, 0.15) is 5.01 Å². The molecule has 1 saturated heterocycles. The van der Waals surface area contributed by atoms with Crippen LogP contribution in [0.25, 0.3) is 0 Å². The summed E-state index contributed by atoms with van der Waals surface area (Å²) in [4.78, 5) is 19.2. The molecule has 0 unspecified atom stereocenters. The number of hydrogen-bond acceptors (Lipinski definition) is 4. The summed E-state index contributed by atoms with van der Waals surface area (Å²) in [7, 11) is 0. The molecule has 3 rings (SSSR count). The van der Waals surface area contributed by atoms with Gasteiger partial charge in [0, 0.05) is 17.6 Å². The number of likely N-dealkylation sites (tertiary alicyclic amines) is 1. The first kappa shape index (κ1) is 16.1. The molecule has 23 heavy (non-hydrogen) atoms. The van der Waals surface area contributed by atoms with Crippen LogP contribution < -0.4 is 5.32 Å². The monoisotopic (exact) mass is 329 g/mol. The number of carbonyl (C=O) groups is 1. The highest BCUT2D eigenvalue weighted by Crippen LogP contribution is 2.16. The standard InChI is InChI=1S/C18H23N3OS/c1-14-5-7-15(8-6-14)19-17(22)11-18-20-16(13-23-18)12-21-9-3-2-4-10-21/h5-8,13H,2-4,9-12H2,1H3,(H,19,22). The van der Waals surface area contributed by atoms with Crippen molar-refractivity contribution in [2.24, 2.45) is 0 Å². The van der Waals surface area contributed by atoms with Crippen molar-refractivity contribution >= 4 is 22.9 Å². The fourth-order valence-electron chi connectivity index (χ4n) is 2.83. The van der Waals surface area contributed by atoms with Gasteiger partial charge in [-0.05, 0) is 45.0 Å². The fraction of sp³-hybridized carbons (Fsp3) is 0.444. The normalized spacial score (nSPS) is 15.5. The Morgan fingerprint density at radius 2 is 1.96 bits per heavy atom. The Hall–Kier alpha value is -1.72. The molecule has 1 fully saturated rings. The number of piperidine rings is 1. The molecule has 1 aromatic carbocycles. The number of benzene rings is 1. The number of anilines is 1. The van der Waals surface area contributed by atoms with Crippen molar-refractivity contribution in [1.82, 2.24) is 9.88 Å². The summed E-state index contributed by atoms with van der Waals surface area (Å²) in [6.45, 7) is 5.28. The van der Waals surface area contributed by atoms with Crippen molar-refractivity contribution < 1.29 is 4.79 Å². The predicted octanol–water partition coefficient (Wildman–Crippen LogP) is 3.62. The average Bonchev–Trinajstić information content (AvgIpc) is 2.97. The first-order chi connectivity index (χ1) is 11.2. The molecular weight excluding hydrogens is 306 g/mol. The maximum absolute atomic E-state index is 12.1. The SMILES string of the molecule is Cc1ccc(NC(=O)Cc2nc(CN3CCCCC3)cs2)cc1. The fourth-order valence-corrected chi connectivity index (χ4v) is 3.61. The Bertz CT molecular complexity index is 645. The molecule has 0 radical (unpaired) electrons. The van der Waals surface area contributed by atoms with Crippen molar-refractivity contribution in [2.45, 2.75) is 39.2 Å². The van der Waals surface area contributed by atoms with Crippen LogP contribution in [-0.2, 0) is 17.8 Å². The molecule has 1 N–H and O–H groups in total. The number of nitrogens with one attached hydrogen (secondary N) is 1. The van der Waals surface area contributed by atoms with Crippen molar-refractivity contribution in [3.63, 3.8) is 0 Å². The van der Waals surface area contributed by atoms with Crippen molar-refractivity contribution in [1.29, 1.82) is 0 Å². The lowest BCUT2D eigenvalue weighted by Gasteiger charge is -2.25. The number of hydrogen-bond donors (Lipinski definition) is 1. The van der Waals surface area contributed by atoms with Crippen LogP contribution in [-0.4, -0.2) is 28.9 Å². The third-order valence-corrected chi connectivity index (χ3v) is 4.98.